The second kappa shape index (κ2) is 20.6. The van der Waals surface area contributed by atoms with E-state index < -0.39 is 0 Å². The summed E-state index contributed by atoms with van der Waals surface area (Å²) in [5, 5.41) is 37.1. The number of benzene rings is 4. The molecule has 4 aliphatic rings. The van der Waals surface area contributed by atoms with Gasteiger partial charge in [0, 0.05) is 0 Å². The normalized spacial score (nSPS) is 19.8. The molecule has 4 atom stereocenters. The first-order chi connectivity index (χ1) is 24.4. The molecular weight excluding hydrogens is 648 g/mol. The van der Waals surface area contributed by atoms with Crippen LogP contribution in [-0.2, 0) is 18.9 Å². The minimum atomic E-state index is 0.179. The maximum Gasteiger partial charge on any atom is 0.161 e. The van der Waals surface area contributed by atoms with Crippen molar-refractivity contribution in [3.8, 4) is 46.0 Å². The summed E-state index contributed by atoms with van der Waals surface area (Å²) in [7, 11) is 0. The van der Waals surface area contributed by atoms with Crippen LogP contribution in [0.4, 0.5) is 0 Å². The Balaban J connectivity index is 0.000000147. The van der Waals surface area contributed by atoms with E-state index in [2.05, 4.69) is 0 Å². The summed E-state index contributed by atoms with van der Waals surface area (Å²) in [6.07, 6.45) is 0.906. The molecule has 4 heterocycles. The number of hydrogen-bond acceptors (Lipinski definition) is 12. The summed E-state index contributed by atoms with van der Waals surface area (Å²) in [6, 6.07) is 27.7. The predicted octanol–water partition coefficient (Wildman–Crippen LogP) is 5.71. The Kier molecular flexibility index (Phi) is 15.6. The predicted molar refractivity (Wildman–Crippen MR) is 185 cm³/mol. The quantitative estimate of drug-likeness (QED) is 0.134. The van der Waals surface area contributed by atoms with Crippen molar-refractivity contribution < 1.29 is 58.3 Å². The highest BCUT2D eigenvalue weighted by Gasteiger charge is 2.25. The molecule has 4 aromatic carbocycles. The summed E-state index contributed by atoms with van der Waals surface area (Å²) in [6.45, 7) is 9.19. The number of phenolic OH excluding ortho intramolecular Hbond substituents is 4. The third-order valence-corrected chi connectivity index (χ3v) is 6.77. The molecule has 0 saturated carbocycles. The fourth-order valence-electron chi connectivity index (χ4n) is 3.70. The minimum Gasteiger partial charge on any atom is -0.504 e. The van der Waals surface area contributed by atoms with Crippen LogP contribution in [0.3, 0.4) is 0 Å². The SMILES string of the molecule is CC.Oc1ccccc1OCC1CO1.Oc1ccccc1OCC1CO1.Oc1ccccc1OCC1CO1.Oc1ccccc1OCC1CO1. The minimum absolute atomic E-state index is 0.179. The molecule has 8 rings (SSSR count). The molecule has 4 unspecified atom stereocenters. The first kappa shape index (κ1) is 37.9. The van der Waals surface area contributed by atoms with Gasteiger partial charge in [-0.05, 0) is 48.5 Å². The van der Waals surface area contributed by atoms with Crippen LogP contribution in [0.15, 0.2) is 97.1 Å². The van der Waals surface area contributed by atoms with E-state index in [0.717, 1.165) is 26.4 Å². The van der Waals surface area contributed by atoms with E-state index in [1.165, 1.54) is 0 Å². The van der Waals surface area contributed by atoms with Gasteiger partial charge in [-0.2, -0.15) is 0 Å². The van der Waals surface area contributed by atoms with E-state index >= 15 is 0 Å². The number of phenols is 4. The molecule has 0 spiro atoms. The van der Waals surface area contributed by atoms with E-state index in [1.807, 2.05) is 38.1 Å². The highest BCUT2D eigenvalue weighted by molar-refractivity contribution is 5.40. The van der Waals surface area contributed by atoms with E-state index in [4.69, 9.17) is 37.9 Å². The zero-order valence-corrected chi connectivity index (χ0v) is 28.3. The first-order valence-corrected chi connectivity index (χ1v) is 16.5. The van der Waals surface area contributed by atoms with Crippen LogP contribution in [0, 0.1) is 0 Å². The highest BCUT2D eigenvalue weighted by Crippen LogP contribution is 2.28. The summed E-state index contributed by atoms with van der Waals surface area (Å²) >= 11 is 0. The van der Waals surface area contributed by atoms with Gasteiger partial charge >= 0.3 is 0 Å². The molecule has 4 aliphatic heterocycles. The molecule has 4 saturated heterocycles. The molecule has 0 aliphatic carbocycles. The molecule has 0 aromatic heterocycles. The van der Waals surface area contributed by atoms with E-state index in [9.17, 15) is 20.4 Å². The molecule has 4 aromatic rings. The zero-order chi connectivity index (χ0) is 35.6. The Hall–Kier alpha value is -4.88. The number of ether oxygens (including phenoxy) is 8. The van der Waals surface area contributed by atoms with Gasteiger partial charge in [0.15, 0.2) is 46.0 Å². The first-order valence-electron chi connectivity index (χ1n) is 16.5. The molecule has 12 heteroatoms. The van der Waals surface area contributed by atoms with Gasteiger partial charge in [-0.15, -0.1) is 0 Å². The van der Waals surface area contributed by atoms with Gasteiger partial charge < -0.3 is 58.3 Å². The lowest BCUT2D eigenvalue weighted by atomic mass is 10.3. The van der Waals surface area contributed by atoms with E-state index in [1.54, 1.807) is 72.8 Å². The largest absolute Gasteiger partial charge is 0.504 e. The van der Waals surface area contributed by atoms with Crippen molar-refractivity contribution in [2.45, 2.75) is 38.3 Å². The van der Waals surface area contributed by atoms with Crippen LogP contribution in [0.5, 0.6) is 46.0 Å². The summed E-state index contributed by atoms with van der Waals surface area (Å²) in [4.78, 5) is 0. The third-order valence-electron chi connectivity index (χ3n) is 6.77. The molecule has 4 N–H and O–H groups in total. The molecule has 0 bridgehead atoms. The van der Waals surface area contributed by atoms with Crippen LogP contribution in [0.25, 0.3) is 0 Å². The number of rotatable bonds is 12. The lowest BCUT2D eigenvalue weighted by molar-refractivity contribution is 0.254. The Morgan fingerprint density at radius 2 is 0.580 bits per heavy atom. The zero-order valence-electron chi connectivity index (χ0n) is 28.3. The van der Waals surface area contributed by atoms with E-state index in [0.29, 0.717) is 49.4 Å². The molecule has 50 heavy (non-hydrogen) atoms. The van der Waals surface area contributed by atoms with Crippen molar-refractivity contribution in [1.29, 1.82) is 0 Å². The van der Waals surface area contributed by atoms with Crippen LogP contribution in [0.2, 0.25) is 0 Å². The fourth-order valence-corrected chi connectivity index (χ4v) is 3.70. The van der Waals surface area contributed by atoms with E-state index in [-0.39, 0.29) is 47.4 Å². The maximum absolute atomic E-state index is 9.28. The second-order valence-electron chi connectivity index (χ2n) is 10.9. The standard InChI is InChI=1S/4C9H10O3.C2H6/c4*10-8-3-1-2-4-9(8)12-6-7-5-11-7;1-2/h4*1-4,7,10H,5-6H2;1-2H3. The van der Waals surface area contributed by atoms with Crippen LogP contribution < -0.4 is 18.9 Å². The van der Waals surface area contributed by atoms with Crippen molar-refractivity contribution >= 4 is 0 Å². The monoisotopic (exact) mass is 694 g/mol. The van der Waals surface area contributed by atoms with Gasteiger partial charge in [0.2, 0.25) is 0 Å². The van der Waals surface area contributed by atoms with Gasteiger partial charge in [-0.1, -0.05) is 62.4 Å². The van der Waals surface area contributed by atoms with Crippen molar-refractivity contribution in [1.82, 2.24) is 0 Å². The number of hydrogen-bond donors (Lipinski definition) is 4. The fraction of sp³-hybridized carbons (Fsp3) is 0.368. The van der Waals surface area contributed by atoms with Crippen LogP contribution in [0.1, 0.15) is 13.8 Å². The summed E-state index contributed by atoms with van der Waals surface area (Å²) in [5.41, 5.74) is 0. The van der Waals surface area contributed by atoms with Crippen molar-refractivity contribution in [3.05, 3.63) is 97.1 Å². The van der Waals surface area contributed by atoms with Crippen molar-refractivity contribution in [2.75, 3.05) is 52.9 Å². The molecule has 270 valence electrons. The second-order valence-corrected chi connectivity index (χ2v) is 10.9. The smallest absolute Gasteiger partial charge is 0.161 e. The van der Waals surface area contributed by atoms with Gasteiger partial charge in [-0.25, -0.2) is 0 Å². The van der Waals surface area contributed by atoms with Crippen LogP contribution >= 0.6 is 0 Å². The Labute approximate surface area is 292 Å². The van der Waals surface area contributed by atoms with Gasteiger partial charge in [0.25, 0.3) is 0 Å². The van der Waals surface area contributed by atoms with Crippen molar-refractivity contribution in [3.63, 3.8) is 0 Å². The maximum atomic E-state index is 9.28. The molecule has 12 nitrogen and oxygen atoms in total. The van der Waals surface area contributed by atoms with Gasteiger partial charge in [0.05, 0.1) is 26.4 Å². The molecule has 0 amide bonds. The Morgan fingerprint density at radius 3 is 0.740 bits per heavy atom. The Bertz CT molecular complexity index is 1300. The lowest BCUT2D eigenvalue weighted by Gasteiger charge is -2.04. The van der Waals surface area contributed by atoms with Gasteiger partial charge in [0.1, 0.15) is 50.8 Å². The summed E-state index contributed by atoms with van der Waals surface area (Å²) in [5.74, 6) is 2.80. The number of aromatic hydroxyl groups is 4. The summed E-state index contributed by atoms with van der Waals surface area (Å²) < 4.78 is 41.0. The number of para-hydroxylation sites is 8. The topological polar surface area (TPSA) is 168 Å². The van der Waals surface area contributed by atoms with Gasteiger partial charge in [-0.3, -0.25) is 0 Å². The molecule has 4 fully saturated rings. The number of epoxide rings is 4. The molecular formula is C38H46O12. The average molecular weight is 695 g/mol. The van der Waals surface area contributed by atoms with Crippen LogP contribution in [-0.4, -0.2) is 97.7 Å². The average Bonchev–Trinajstić information content (AvgIpc) is 3.95. The third kappa shape index (κ3) is 15.1. The Morgan fingerprint density at radius 1 is 0.400 bits per heavy atom. The lowest BCUT2D eigenvalue weighted by Crippen LogP contribution is -2.03. The highest BCUT2D eigenvalue weighted by atomic mass is 16.6. The molecule has 0 radical (unpaired) electrons. The van der Waals surface area contributed by atoms with Crippen molar-refractivity contribution in [2.24, 2.45) is 0 Å².